The Morgan fingerprint density at radius 1 is 1.36 bits per heavy atom. The molecular weight excluding hydrogens is 182 g/mol. The van der Waals surface area contributed by atoms with E-state index in [0.29, 0.717) is 19.6 Å². The Hall–Kier alpha value is -0.610. The predicted octanol–water partition coefficient (Wildman–Crippen LogP) is 1.08. The van der Waals surface area contributed by atoms with Crippen molar-refractivity contribution in [3.8, 4) is 0 Å². The van der Waals surface area contributed by atoms with E-state index in [0.717, 1.165) is 19.3 Å². The minimum Gasteiger partial charge on any atom is -0.464 e. The number of hydrogen-bond donors (Lipinski definition) is 1. The summed E-state index contributed by atoms with van der Waals surface area (Å²) in [5.74, 6) is -0.297. The molecule has 14 heavy (non-hydrogen) atoms. The van der Waals surface area contributed by atoms with E-state index >= 15 is 0 Å². The SMILES string of the molecule is CCCC[C@H](N)C(=O)OCCCOC. The number of carbonyl (C=O) groups excluding carboxylic acids is 1. The fourth-order valence-electron chi connectivity index (χ4n) is 1.02. The molecule has 0 aliphatic carbocycles. The zero-order valence-electron chi connectivity index (χ0n) is 9.12. The van der Waals surface area contributed by atoms with Crippen LogP contribution in [0.1, 0.15) is 32.6 Å². The number of unbranched alkanes of at least 4 members (excludes halogenated alkanes) is 1. The lowest BCUT2D eigenvalue weighted by Crippen LogP contribution is -2.32. The maximum Gasteiger partial charge on any atom is 0.322 e. The van der Waals surface area contributed by atoms with Gasteiger partial charge in [0.15, 0.2) is 0 Å². The van der Waals surface area contributed by atoms with Crippen molar-refractivity contribution < 1.29 is 14.3 Å². The number of nitrogens with two attached hydrogens (primary N) is 1. The average molecular weight is 203 g/mol. The van der Waals surface area contributed by atoms with Crippen molar-refractivity contribution in [2.24, 2.45) is 5.73 Å². The lowest BCUT2D eigenvalue weighted by molar-refractivity contribution is -0.145. The molecule has 0 aliphatic heterocycles. The quantitative estimate of drug-likeness (QED) is 0.473. The Balaban J connectivity index is 3.42. The molecule has 0 fully saturated rings. The van der Waals surface area contributed by atoms with Crippen LogP contribution < -0.4 is 5.73 Å². The number of methoxy groups -OCH3 is 1. The van der Waals surface area contributed by atoms with Crippen LogP contribution in [-0.2, 0) is 14.3 Å². The van der Waals surface area contributed by atoms with Gasteiger partial charge in [-0.1, -0.05) is 19.8 Å². The van der Waals surface area contributed by atoms with Crippen molar-refractivity contribution >= 4 is 5.97 Å². The molecule has 0 aromatic heterocycles. The molecule has 4 heteroatoms. The topological polar surface area (TPSA) is 61.6 Å². The summed E-state index contributed by atoms with van der Waals surface area (Å²) in [5.41, 5.74) is 5.61. The van der Waals surface area contributed by atoms with Gasteiger partial charge in [-0.2, -0.15) is 0 Å². The monoisotopic (exact) mass is 203 g/mol. The molecule has 0 aromatic carbocycles. The normalized spacial score (nSPS) is 12.5. The zero-order chi connectivity index (χ0) is 10.8. The number of esters is 1. The Labute approximate surface area is 85.8 Å². The van der Waals surface area contributed by atoms with E-state index in [1.54, 1.807) is 7.11 Å². The number of carbonyl (C=O) groups is 1. The van der Waals surface area contributed by atoms with Crippen LogP contribution in [0.15, 0.2) is 0 Å². The molecule has 4 nitrogen and oxygen atoms in total. The van der Waals surface area contributed by atoms with E-state index in [2.05, 4.69) is 6.92 Å². The molecule has 84 valence electrons. The van der Waals surface area contributed by atoms with Gasteiger partial charge in [-0.15, -0.1) is 0 Å². The zero-order valence-corrected chi connectivity index (χ0v) is 9.12. The van der Waals surface area contributed by atoms with Gasteiger partial charge in [0, 0.05) is 20.1 Å². The van der Waals surface area contributed by atoms with Gasteiger partial charge in [0.25, 0.3) is 0 Å². The fraction of sp³-hybridized carbons (Fsp3) is 0.900. The van der Waals surface area contributed by atoms with E-state index < -0.39 is 6.04 Å². The van der Waals surface area contributed by atoms with Crippen molar-refractivity contribution in [3.05, 3.63) is 0 Å². The minimum absolute atomic E-state index is 0.297. The highest BCUT2D eigenvalue weighted by atomic mass is 16.5. The molecule has 0 heterocycles. The van der Waals surface area contributed by atoms with E-state index in [9.17, 15) is 4.79 Å². The third kappa shape index (κ3) is 6.86. The van der Waals surface area contributed by atoms with Crippen molar-refractivity contribution in [1.82, 2.24) is 0 Å². The summed E-state index contributed by atoms with van der Waals surface area (Å²) in [6, 6.07) is -0.461. The molecule has 0 saturated heterocycles. The molecule has 0 spiro atoms. The van der Waals surface area contributed by atoms with Gasteiger partial charge in [-0.3, -0.25) is 4.79 Å². The molecule has 0 bridgehead atoms. The first-order chi connectivity index (χ1) is 6.72. The highest BCUT2D eigenvalue weighted by molar-refractivity contribution is 5.75. The molecule has 0 unspecified atom stereocenters. The highest BCUT2D eigenvalue weighted by Gasteiger charge is 2.13. The van der Waals surface area contributed by atoms with Crippen LogP contribution in [-0.4, -0.2) is 32.3 Å². The molecule has 0 aliphatic rings. The van der Waals surface area contributed by atoms with Crippen LogP contribution in [0.4, 0.5) is 0 Å². The first kappa shape index (κ1) is 13.4. The molecular formula is C10H21NO3. The van der Waals surface area contributed by atoms with Gasteiger partial charge in [0.05, 0.1) is 6.61 Å². The molecule has 0 aromatic rings. The number of ether oxygens (including phenoxy) is 2. The second kappa shape index (κ2) is 8.97. The standard InChI is InChI=1S/C10H21NO3/c1-3-4-6-9(11)10(12)14-8-5-7-13-2/h9H,3-8,11H2,1-2H3/t9-/m0/s1. The van der Waals surface area contributed by atoms with Crippen LogP contribution in [0, 0.1) is 0 Å². The predicted molar refractivity (Wildman–Crippen MR) is 55.0 cm³/mol. The van der Waals surface area contributed by atoms with Gasteiger partial charge >= 0.3 is 5.97 Å². The van der Waals surface area contributed by atoms with Crippen molar-refractivity contribution in [3.63, 3.8) is 0 Å². The number of rotatable bonds is 8. The molecule has 2 N–H and O–H groups in total. The summed E-state index contributed by atoms with van der Waals surface area (Å²) < 4.78 is 9.79. The van der Waals surface area contributed by atoms with E-state index in [4.69, 9.17) is 15.2 Å². The highest BCUT2D eigenvalue weighted by Crippen LogP contribution is 2.00. The van der Waals surface area contributed by atoms with Crippen LogP contribution >= 0.6 is 0 Å². The Kier molecular flexibility index (Phi) is 8.57. The Morgan fingerprint density at radius 2 is 2.07 bits per heavy atom. The van der Waals surface area contributed by atoms with Crippen LogP contribution in [0.2, 0.25) is 0 Å². The van der Waals surface area contributed by atoms with Crippen LogP contribution in [0.25, 0.3) is 0 Å². The molecule has 0 radical (unpaired) electrons. The molecule has 0 amide bonds. The lowest BCUT2D eigenvalue weighted by atomic mass is 10.1. The van der Waals surface area contributed by atoms with Crippen LogP contribution in [0.3, 0.4) is 0 Å². The summed E-state index contributed by atoms with van der Waals surface area (Å²) in [7, 11) is 1.62. The third-order valence-corrected chi connectivity index (χ3v) is 1.91. The van der Waals surface area contributed by atoms with Gasteiger partial charge in [0.1, 0.15) is 6.04 Å². The smallest absolute Gasteiger partial charge is 0.322 e. The van der Waals surface area contributed by atoms with E-state index in [1.165, 1.54) is 0 Å². The summed E-state index contributed by atoms with van der Waals surface area (Å²) >= 11 is 0. The van der Waals surface area contributed by atoms with E-state index in [1.807, 2.05) is 0 Å². The number of hydrogen-bond acceptors (Lipinski definition) is 4. The summed E-state index contributed by atoms with van der Waals surface area (Å²) in [4.78, 5) is 11.2. The Bertz CT molecular complexity index is 150. The van der Waals surface area contributed by atoms with Crippen molar-refractivity contribution in [2.75, 3.05) is 20.3 Å². The lowest BCUT2D eigenvalue weighted by Gasteiger charge is -2.10. The second-order valence-corrected chi connectivity index (χ2v) is 3.26. The largest absolute Gasteiger partial charge is 0.464 e. The fourth-order valence-corrected chi connectivity index (χ4v) is 1.02. The molecule has 1 atom stereocenters. The van der Waals surface area contributed by atoms with Crippen molar-refractivity contribution in [2.45, 2.75) is 38.6 Å². The van der Waals surface area contributed by atoms with Gasteiger partial charge in [-0.25, -0.2) is 0 Å². The molecule has 0 rings (SSSR count). The first-order valence-electron chi connectivity index (χ1n) is 5.13. The van der Waals surface area contributed by atoms with E-state index in [-0.39, 0.29) is 5.97 Å². The minimum atomic E-state index is -0.461. The van der Waals surface area contributed by atoms with Crippen LogP contribution in [0.5, 0.6) is 0 Å². The van der Waals surface area contributed by atoms with Gasteiger partial charge in [-0.05, 0) is 6.42 Å². The third-order valence-electron chi connectivity index (χ3n) is 1.91. The second-order valence-electron chi connectivity index (χ2n) is 3.26. The van der Waals surface area contributed by atoms with Gasteiger partial charge in [0.2, 0.25) is 0 Å². The summed E-state index contributed by atoms with van der Waals surface area (Å²) in [6.07, 6.45) is 3.45. The Morgan fingerprint density at radius 3 is 2.64 bits per heavy atom. The summed E-state index contributed by atoms with van der Waals surface area (Å²) in [5, 5.41) is 0. The maximum absolute atomic E-state index is 11.2. The first-order valence-corrected chi connectivity index (χ1v) is 5.13. The summed E-state index contributed by atoms with van der Waals surface area (Å²) in [6.45, 7) is 3.07. The van der Waals surface area contributed by atoms with Crippen molar-refractivity contribution in [1.29, 1.82) is 0 Å². The van der Waals surface area contributed by atoms with Gasteiger partial charge < -0.3 is 15.2 Å². The average Bonchev–Trinajstić information content (AvgIpc) is 2.20. The maximum atomic E-state index is 11.2. The molecule has 0 saturated carbocycles.